The molecule has 0 unspecified atom stereocenters. The lowest BCUT2D eigenvalue weighted by atomic mass is 9.82. The van der Waals surface area contributed by atoms with Crippen LogP contribution in [-0.2, 0) is 10.8 Å². The normalized spacial score (nSPS) is 12.1. The van der Waals surface area contributed by atoms with E-state index in [-0.39, 0.29) is 16.6 Å². The molecule has 0 atom stereocenters. The fourth-order valence-corrected chi connectivity index (χ4v) is 6.31. The Morgan fingerprint density at radius 1 is 0.521 bits per heavy atom. The van der Waals surface area contributed by atoms with Gasteiger partial charge >= 0.3 is 0 Å². The first kappa shape index (κ1) is 31.2. The minimum Gasteiger partial charge on any atom is -0.507 e. The zero-order chi connectivity index (χ0) is 33.8. The van der Waals surface area contributed by atoms with Gasteiger partial charge in [0.15, 0.2) is 0 Å². The molecule has 0 aliphatic heterocycles. The fraction of sp³-hybridized carbons (Fsp3) is 0.209. The number of rotatable bonds is 4. The molecule has 0 saturated heterocycles. The lowest BCUT2D eigenvalue weighted by Crippen LogP contribution is -2.12. The molecular weight excluding hydrogens is 589 g/mol. The highest BCUT2D eigenvalue weighted by molar-refractivity contribution is 6.04. The number of fused-ring (bicyclic) bond motifs is 3. The summed E-state index contributed by atoms with van der Waals surface area (Å²) < 4.78 is 0. The predicted molar refractivity (Wildman–Crippen MR) is 198 cm³/mol. The van der Waals surface area contributed by atoms with E-state index < -0.39 is 0 Å². The third-order valence-corrected chi connectivity index (χ3v) is 9.27. The number of aromatic hydroxyl groups is 1. The quantitative estimate of drug-likeness (QED) is 0.196. The minimum absolute atomic E-state index is 0.0579. The molecule has 0 amide bonds. The van der Waals surface area contributed by atoms with Crippen LogP contribution in [0.15, 0.2) is 110 Å². The van der Waals surface area contributed by atoms with Crippen molar-refractivity contribution in [1.29, 1.82) is 0 Å². The maximum Gasteiger partial charge on any atom is 0.132 e. The van der Waals surface area contributed by atoms with Crippen LogP contribution in [0.3, 0.4) is 0 Å². The molecule has 48 heavy (non-hydrogen) atoms. The van der Waals surface area contributed by atoms with Gasteiger partial charge in [0.05, 0.1) is 22.4 Å². The number of phenolic OH excluding ortho intramolecular Hbond substituents is 1. The highest BCUT2D eigenvalue weighted by Crippen LogP contribution is 2.42. The topological polar surface area (TPSA) is 71.8 Å². The summed E-state index contributed by atoms with van der Waals surface area (Å²) in [6, 6.07) is 29.2. The highest BCUT2D eigenvalue weighted by Gasteiger charge is 2.23. The van der Waals surface area contributed by atoms with Crippen LogP contribution in [0.5, 0.6) is 5.75 Å². The standard InChI is InChI=1S/C43H40N4O/c1-26-33(29-10-8-18-44-24-29)20-31(42(2,3)4)21-34(26)37-16-14-27-12-13-28-15-17-38(47-40(28)39(27)46-37)36-23-32(43(5,6)7)22-35(41(36)48)30-11-9-19-45-25-30/h8-25,48H,1-7H3. The lowest BCUT2D eigenvalue weighted by Gasteiger charge is -2.23. The number of pyridine rings is 4. The summed E-state index contributed by atoms with van der Waals surface area (Å²) in [5.41, 5.74) is 12.1. The number of hydrogen-bond donors (Lipinski definition) is 1. The average molecular weight is 629 g/mol. The summed E-state index contributed by atoms with van der Waals surface area (Å²) in [6.45, 7) is 15.4. The zero-order valence-electron chi connectivity index (χ0n) is 28.6. The van der Waals surface area contributed by atoms with Gasteiger partial charge in [0, 0.05) is 63.4 Å². The molecule has 7 aromatic rings. The monoisotopic (exact) mass is 628 g/mol. The maximum absolute atomic E-state index is 11.7. The highest BCUT2D eigenvalue weighted by atomic mass is 16.3. The Morgan fingerprint density at radius 3 is 1.46 bits per heavy atom. The summed E-state index contributed by atoms with van der Waals surface area (Å²) in [6.07, 6.45) is 7.26. The molecule has 238 valence electrons. The van der Waals surface area contributed by atoms with Gasteiger partial charge < -0.3 is 5.11 Å². The van der Waals surface area contributed by atoms with Gasteiger partial charge in [-0.05, 0) is 82.5 Å². The van der Waals surface area contributed by atoms with Crippen LogP contribution < -0.4 is 0 Å². The minimum atomic E-state index is -0.145. The Bertz CT molecular complexity index is 2150. The van der Waals surface area contributed by atoms with Crippen LogP contribution in [0.1, 0.15) is 58.2 Å². The molecular formula is C43H40N4O. The molecule has 5 heteroatoms. The number of phenols is 1. The van der Waals surface area contributed by atoms with Crippen molar-refractivity contribution in [2.45, 2.75) is 59.3 Å². The second-order valence-electron chi connectivity index (χ2n) is 14.7. The van der Waals surface area contributed by atoms with Gasteiger partial charge in [0.25, 0.3) is 0 Å². The van der Waals surface area contributed by atoms with Gasteiger partial charge in [0.2, 0.25) is 0 Å². The Morgan fingerprint density at radius 2 is 0.958 bits per heavy atom. The van der Waals surface area contributed by atoms with E-state index in [9.17, 15) is 5.11 Å². The number of benzene rings is 3. The fourth-order valence-electron chi connectivity index (χ4n) is 6.31. The summed E-state index contributed by atoms with van der Waals surface area (Å²) in [5, 5.41) is 13.7. The van der Waals surface area contributed by atoms with Crippen LogP contribution in [0, 0.1) is 6.92 Å². The molecule has 1 N–H and O–H groups in total. The second-order valence-corrected chi connectivity index (χ2v) is 14.7. The van der Waals surface area contributed by atoms with Gasteiger partial charge in [-0.2, -0.15) is 0 Å². The third kappa shape index (κ3) is 5.70. The molecule has 0 bridgehead atoms. The van der Waals surface area contributed by atoms with Crippen LogP contribution >= 0.6 is 0 Å². The first-order valence-electron chi connectivity index (χ1n) is 16.4. The van der Waals surface area contributed by atoms with E-state index in [0.29, 0.717) is 11.3 Å². The average Bonchev–Trinajstić information content (AvgIpc) is 3.07. The van der Waals surface area contributed by atoms with Crippen molar-refractivity contribution in [3.63, 3.8) is 0 Å². The van der Waals surface area contributed by atoms with Gasteiger partial charge in [0.1, 0.15) is 5.75 Å². The van der Waals surface area contributed by atoms with Crippen molar-refractivity contribution < 1.29 is 5.11 Å². The van der Waals surface area contributed by atoms with Gasteiger partial charge in [-0.25, -0.2) is 9.97 Å². The second kappa shape index (κ2) is 11.7. The zero-order valence-corrected chi connectivity index (χ0v) is 28.6. The molecule has 0 fully saturated rings. The molecule has 7 rings (SSSR count). The molecule has 0 saturated carbocycles. The smallest absolute Gasteiger partial charge is 0.132 e. The maximum atomic E-state index is 11.7. The van der Waals surface area contributed by atoms with E-state index in [1.165, 1.54) is 5.56 Å². The van der Waals surface area contributed by atoms with Crippen molar-refractivity contribution in [3.8, 4) is 50.5 Å². The van der Waals surface area contributed by atoms with Crippen molar-refractivity contribution in [2.75, 3.05) is 0 Å². The van der Waals surface area contributed by atoms with E-state index >= 15 is 0 Å². The summed E-state index contributed by atoms with van der Waals surface area (Å²) in [5.74, 6) is 0.189. The number of nitrogens with zero attached hydrogens (tertiary/aromatic N) is 4. The van der Waals surface area contributed by atoms with Crippen LogP contribution in [0.25, 0.3) is 66.6 Å². The predicted octanol–water partition coefficient (Wildman–Crippen LogP) is 10.9. The molecule has 0 aliphatic carbocycles. The first-order valence-corrected chi connectivity index (χ1v) is 16.4. The first-order chi connectivity index (χ1) is 22.9. The van der Waals surface area contributed by atoms with Crippen molar-refractivity contribution in [1.82, 2.24) is 19.9 Å². The Hall–Kier alpha value is -5.42. The molecule has 0 spiro atoms. The van der Waals surface area contributed by atoms with E-state index in [1.54, 1.807) is 12.4 Å². The van der Waals surface area contributed by atoms with Gasteiger partial charge in [-0.3, -0.25) is 9.97 Å². The Labute approximate surface area is 282 Å². The molecule has 0 aliphatic rings. The van der Waals surface area contributed by atoms with Gasteiger partial charge in [-0.15, -0.1) is 0 Å². The summed E-state index contributed by atoms with van der Waals surface area (Å²) in [7, 11) is 0. The van der Waals surface area contributed by atoms with E-state index in [1.807, 2.05) is 36.7 Å². The number of aromatic nitrogens is 4. The van der Waals surface area contributed by atoms with Crippen molar-refractivity contribution >= 4 is 21.8 Å². The van der Waals surface area contributed by atoms with Crippen molar-refractivity contribution in [3.05, 3.63) is 126 Å². The van der Waals surface area contributed by atoms with Crippen molar-refractivity contribution in [2.24, 2.45) is 0 Å². The van der Waals surface area contributed by atoms with Crippen LogP contribution in [0.4, 0.5) is 0 Å². The van der Waals surface area contributed by atoms with E-state index in [0.717, 1.165) is 66.4 Å². The molecule has 4 aromatic heterocycles. The molecule has 4 heterocycles. The molecule has 5 nitrogen and oxygen atoms in total. The van der Waals surface area contributed by atoms with E-state index in [4.69, 9.17) is 9.97 Å². The van der Waals surface area contributed by atoms with Gasteiger partial charge in [-0.1, -0.05) is 84.0 Å². The molecule has 3 aromatic carbocycles. The SMILES string of the molecule is Cc1c(-c2cccnc2)cc(C(C)(C)C)cc1-c1ccc2ccc3ccc(-c4cc(C(C)(C)C)cc(-c5cccnc5)c4O)nc3c2n1. The lowest BCUT2D eigenvalue weighted by molar-refractivity contribution is 0.478. The summed E-state index contributed by atoms with van der Waals surface area (Å²) >= 11 is 0. The van der Waals surface area contributed by atoms with E-state index in [2.05, 4.69) is 119 Å². The number of hydrogen-bond acceptors (Lipinski definition) is 5. The largest absolute Gasteiger partial charge is 0.507 e. The third-order valence-electron chi connectivity index (χ3n) is 9.27. The van der Waals surface area contributed by atoms with Crippen LogP contribution in [-0.4, -0.2) is 25.0 Å². The Balaban J connectivity index is 1.45. The Kier molecular flexibility index (Phi) is 7.59. The summed E-state index contributed by atoms with van der Waals surface area (Å²) in [4.78, 5) is 19.3. The molecule has 0 radical (unpaired) electrons. The van der Waals surface area contributed by atoms with Crippen LogP contribution in [0.2, 0.25) is 0 Å².